The van der Waals surface area contributed by atoms with Crippen LogP contribution in [0.1, 0.15) is 5.56 Å². The first-order valence-electron chi connectivity index (χ1n) is 3.11. The minimum absolute atomic E-state index is 0.295. The summed E-state index contributed by atoms with van der Waals surface area (Å²) in [5.41, 5.74) is -0.295. The van der Waals surface area contributed by atoms with Crippen LogP contribution in [-0.4, -0.2) is 13.4 Å². The summed E-state index contributed by atoms with van der Waals surface area (Å²) >= 11 is 2.96. The molecule has 0 radical (unpaired) electrons. The molecular weight excluding hydrogens is 268 g/mol. The first-order valence-corrected chi connectivity index (χ1v) is 5.45. The Bertz CT molecular complexity index is 421. The molecule has 0 unspecified atom stereocenters. The number of nitrogens with zero attached hydrogens (tertiary/aromatic N) is 1. The second kappa shape index (κ2) is 3.67. The highest BCUT2D eigenvalue weighted by Gasteiger charge is 2.13. The zero-order valence-corrected chi connectivity index (χ0v) is 8.57. The molecule has 0 bridgehead atoms. The van der Waals surface area contributed by atoms with Crippen molar-refractivity contribution in [3.05, 3.63) is 28.2 Å². The normalized spacial score (nSPS) is 11.6. The van der Waals surface area contributed by atoms with Gasteiger partial charge in [-0.3, -0.25) is 0 Å². The standard InChI is InChI=1S/C6H4BrF2NO2S/c7-5-1-4(3-13(9,11)12)6(8)10-2-5/h1-2H,3H2. The molecule has 0 saturated carbocycles. The van der Waals surface area contributed by atoms with E-state index in [9.17, 15) is 16.7 Å². The Labute approximate surface area is 82.1 Å². The van der Waals surface area contributed by atoms with Crippen LogP contribution >= 0.6 is 15.9 Å². The Hall–Kier alpha value is -0.560. The summed E-state index contributed by atoms with van der Waals surface area (Å²) in [5, 5.41) is 0. The second-order valence-electron chi connectivity index (χ2n) is 2.29. The molecule has 1 aromatic rings. The highest BCUT2D eigenvalue weighted by atomic mass is 79.9. The van der Waals surface area contributed by atoms with Crippen LogP contribution in [0.2, 0.25) is 0 Å². The largest absolute Gasteiger partial charge is 0.306 e. The maximum absolute atomic E-state index is 12.7. The summed E-state index contributed by atoms with van der Waals surface area (Å²) in [6.07, 6.45) is 1.16. The number of aromatic nitrogens is 1. The molecule has 0 amide bonds. The maximum atomic E-state index is 12.7. The van der Waals surface area contributed by atoms with Gasteiger partial charge in [0.25, 0.3) is 0 Å². The minimum Gasteiger partial charge on any atom is -0.227 e. The molecule has 0 aromatic carbocycles. The van der Waals surface area contributed by atoms with E-state index < -0.39 is 21.9 Å². The third-order valence-corrected chi connectivity index (χ3v) is 2.30. The predicted octanol–water partition coefficient (Wildman–Crippen LogP) is 1.78. The molecule has 1 heterocycles. The van der Waals surface area contributed by atoms with Crippen molar-refractivity contribution in [1.29, 1.82) is 0 Å². The molecule has 0 saturated heterocycles. The second-order valence-corrected chi connectivity index (χ2v) is 4.57. The van der Waals surface area contributed by atoms with E-state index in [1.165, 1.54) is 6.07 Å². The lowest BCUT2D eigenvalue weighted by molar-refractivity contribution is 0.540. The van der Waals surface area contributed by atoms with E-state index >= 15 is 0 Å². The average molecular weight is 272 g/mol. The van der Waals surface area contributed by atoms with Crippen LogP contribution in [0.25, 0.3) is 0 Å². The van der Waals surface area contributed by atoms with Crippen LogP contribution in [0.15, 0.2) is 16.7 Å². The molecule has 72 valence electrons. The van der Waals surface area contributed by atoms with E-state index in [-0.39, 0.29) is 5.56 Å². The number of pyridine rings is 1. The zero-order chi connectivity index (χ0) is 10.1. The van der Waals surface area contributed by atoms with Gasteiger partial charge >= 0.3 is 10.2 Å². The fraction of sp³-hybridized carbons (Fsp3) is 0.167. The maximum Gasteiger partial charge on any atom is 0.306 e. The van der Waals surface area contributed by atoms with E-state index in [1.54, 1.807) is 0 Å². The number of rotatable bonds is 2. The molecule has 0 fully saturated rings. The van der Waals surface area contributed by atoms with Crippen LogP contribution in [0.5, 0.6) is 0 Å². The summed E-state index contributed by atoms with van der Waals surface area (Å²) in [7, 11) is -4.72. The first kappa shape index (κ1) is 10.5. The summed E-state index contributed by atoms with van der Waals surface area (Å²) in [6.45, 7) is 0. The van der Waals surface area contributed by atoms with Crippen LogP contribution in [0, 0.1) is 5.95 Å². The topological polar surface area (TPSA) is 47.0 Å². The van der Waals surface area contributed by atoms with E-state index in [0.29, 0.717) is 4.47 Å². The van der Waals surface area contributed by atoms with Crippen LogP contribution < -0.4 is 0 Å². The van der Waals surface area contributed by atoms with Crippen molar-refractivity contribution in [1.82, 2.24) is 4.98 Å². The van der Waals surface area contributed by atoms with E-state index in [0.717, 1.165) is 6.20 Å². The van der Waals surface area contributed by atoms with Gasteiger partial charge in [0, 0.05) is 16.2 Å². The van der Waals surface area contributed by atoms with Gasteiger partial charge in [-0.05, 0) is 22.0 Å². The van der Waals surface area contributed by atoms with Crippen molar-refractivity contribution in [2.45, 2.75) is 5.75 Å². The molecule has 1 aromatic heterocycles. The number of hydrogen-bond donors (Lipinski definition) is 0. The van der Waals surface area contributed by atoms with E-state index in [4.69, 9.17) is 0 Å². The summed E-state index contributed by atoms with van der Waals surface area (Å²) in [6, 6.07) is 1.17. The number of halogens is 3. The highest BCUT2D eigenvalue weighted by molar-refractivity contribution is 9.10. The SMILES string of the molecule is O=S(=O)(F)Cc1cc(Br)cnc1F. The first-order chi connectivity index (χ1) is 5.88. The quantitative estimate of drug-likeness (QED) is 0.609. The van der Waals surface area contributed by atoms with Crippen molar-refractivity contribution in [3.63, 3.8) is 0 Å². The Kier molecular flexibility index (Phi) is 2.97. The van der Waals surface area contributed by atoms with E-state index in [2.05, 4.69) is 20.9 Å². The van der Waals surface area contributed by atoms with Crippen molar-refractivity contribution in [3.8, 4) is 0 Å². The molecule has 13 heavy (non-hydrogen) atoms. The number of hydrogen-bond acceptors (Lipinski definition) is 3. The van der Waals surface area contributed by atoms with Gasteiger partial charge in [-0.1, -0.05) is 0 Å². The van der Waals surface area contributed by atoms with Crippen molar-refractivity contribution in [2.75, 3.05) is 0 Å². The lowest BCUT2D eigenvalue weighted by atomic mass is 10.3. The van der Waals surface area contributed by atoms with Gasteiger partial charge in [0.2, 0.25) is 5.95 Å². The summed E-state index contributed by atoms with van der Waals surface area (Å²) in [4.78, 5) is 3.22. The van der Waals surface area contributed by atoms with Crippen molar-refractivity contribution < 1.29 is 16.7 Å². The van der Waals surface area contributed by atoms with E-state index in [1.807, 2.05) is 0 Å². The molecular formula is C6H4BrF2NO2S. The lowest BCUT2D eigenvalue weighted by Crippen LogP contribution is -2.00. The van der Waals surface area contributed by atoms with Gasteiger partial charge in [-0.2, -0.15) is 12.8 Å². The van der Waals surface area contributed by atoms with Crippen LogP contribution in [0.4, 0.5) is 8.28 Å². The zero-order valence-electron chi connectivity index (χ0n) is 6.17. The molecule has 0 aliphatic heterocycles. The van der Waals surface area contributed by atoms with Crippen LogP contribution in [0.3, 0.4) is 0 Å². The molecule has 0 aliphatic rings. The van der Waals surface area contributed by atoms with Crippen LogP contribution in [-0.2, 0) is 16.0 Å². The van der Waals surface area contributed by atoms with Gasteiger partial charge in [0.1, 0.15) is 5.75 Å². The Morgan fingerprint density at radius 1 is 1.54 bits per heavy atom. The average Bonchev–Trinajstić information content (AvgIpc) is 1.94. The summed E-state index contributed by atoms with van der Waals surface area (Å²) < 4.78 is 45.7. The van der Waals surface area contributed by atoms with Gasteiger partial charge in [-0.25, -0.2) is 4.98 Å². The van der Waals surface area contributed by atoms with Gasteiger partial charge in [-0.15, -0.1) is 3.89 Å². The van der Waals surface area contributed by atoms with Gasteiger partial charge in [0.05, 0.1) is 0 Å². The molecule has 0 spiro atoms. The fourth-order valence-corrected chi connectivity index (χ4v) is 1.70. The smallest absolute Gasteiger partial charge is 0.227 e. The fourth-order valence-electron chi connectivity index (χ4n) is 0.751. The molecule has 0 N–H and O–H groups in total. The molecule has 7 heteroatoms. The lowest BCUT2D eigenvalue weighted by Gasteiger charge is -1.98. The molecule has 0 atom stereocenters. The Morgan fingerprint density at radius 2 is 2.15 bits per heavy atom. The molecule has 3 nitrogen and oxygen atoms in total. The van der Waals surface area contributed by atoms with Gasteiger partial charge < -0.3 is 0 Å². The Balaban J connectivity index is 3.08. The van der Waals surface area contributed by atoms with Gasteiger partial charge in [0.15, 0.2) is 0 Å². The van der Waals surface area contributed by atoms with Crippen molar-refractivity contribution in [2.24, 2.45) is 0 Å². The third-order valence-electron chi connectivity index (χ3n) is 1.21. The predicted molar refractivity (Wildman–Crippen MR) is 45.6 cm³/mol. The highest BCUT2D eigenvalue weighted by Crippen LogP contribution is 2.15. The third kappa shape index (κ3) is 3.35. The summed E-state index contributed by atoms with van der Waals surface area (Å²) in [5.74, 6) is -1.98. The monoisotopic (exact) mass is 271 g/mol. The molecule has 0 aliphatic carbocycles. The minimum atomic E-state index is -4.72. The molecule has 1 rings (SSSR count). The van der Waals surface area contributed by atoms with Crippen molar-refractivity contribution >= 4 is 26.2 Å². The Morgan fingerprint density at radius 3 is 2.69 bits per heavy atom.